The van der Waals surface area contributed by atoms with Gasteiger partial charge in [-0.15, -0.1) is 0 Å². The van der Waals surface area contributed by atoms with Crippen molar-refractivity contribution in [2.24, 2.45) is 0 Å². The minimum atomic E-state index is -0.480. The van der Waals surface area contributed by atoms with E-state index >= 15 is 0 Å². The Hall–Kier alpha value is -1.08. The van der Waals surface area contributed by atoms with Crippen LogP contribution in [0.3, 0.4) is 0 Å². The molecule has 0 bridgehead atoms. The van der Waals surface area contributed by atoms with Crippen LogP contribution in [0.25, 0.3) is 0 Å². The fourth-order valence-corrected chi connectivity index (χ4v) is 3.71. The molecular weight excluding hydrogens is 362 g/mol. The van der Waals surface area contributed by atoms with Crippen LogP contribution < -0.4 is 5.46 Å². The molecule has 2 saturated heterocycles. The summed E-state index contributed by atoms with van der Waals surface area (Å²) in [5.74, 6) is -0.0103. The summed E-state index contributed by atoms with van der Waals surface area (Å²) < 4.78 is 12.1. The normalized spacial score (nSPS) is 22.5. The molecule has 0 aromatic heterocycles. The van der Waals surface area contributed by atoms with Gasteiger partial charge in [-0.3, -0.25) is 9.69 Å². The summed E-state index contributed by atoms with van der Waals surface area (Å²) in [7, 11) is -0.480. The zero-order valence-corrected chi connectivity index (χ0v) is 18.0. The van der Waals surface area contributed by atoms with Crippen molar-refractivity contribution in [3.63, 3.8) is 0 Å². The first kappa shape index (κ1) is 20.7. The molecule has 7 heteroatoms. The van der Waals surface area contributed by atoms with Crippen molar-refractivity contribution in [3.05, 3.63) is 28.8 Å². The van der Waals surface area contributed by atoms with E-state index in [0.717, 1.165) is 31.6 Å². The summed E-state index contributed by atoms with van der Waals surface area (Å²) in [6, 6.07) is 5.97. The van der Waals surface area contributed by atoms with Gasteiger partial charge in [-0.2, -0.15) is 0 Å². The molecule has 5 nitrogen and oxygen atoms in total. The maximum Gasteiger partial charge on any atom is 0.494 e. The first-order chi connectivity index (χ1) is 12.5. The van der Waals surface area contributed by atoms with E-state index in [4.69, 9.17) is 20.9 Å². The van der Waals surface area contributed by atoms with Gasteiger partial charge < -0.3 is 14.2 Å². The molecule has 2 aliphatic heterocycles. The largest absolute Gasteiger partial charge is 0.494 e. The second-order valence-corrected chi connectivity index (χ2v) is 9.16. The number of hydrogen-bond donors (Lipinski definition) is 0. The Morgan fingerprint density at radius 2 is 1.63 bits per heavy atom. The van der Waals surface area contributed by atoms with Gasteiger partial charge in [-0.25, -0.2) is 0 Å². The highest BCUT2D eigenvalue weighted by Crippen LogP contribution is 2.36. The van der Waals surface area contributed by atoms with Crippen LogP contribution in [0.15, 0.2) is 18.2 Å². The van der Waals surface area contributed by atoms with Crippen LogP contribution in [-0.2, 0) is 9.31 Å². The highest BCUT2D eigenvalue weighted by atomic mass is 35.5. The molecule has 0 spiro atoms. The topological polar surface area (TPSA) is 42.0 Å². The first-order valence-electron chi connectivity index (χ1n) is 9.70. The van der Waals surface area contributed by atoms with Gasteiger partial charge in [0.25, 0.3) is 5.91 Å². The highest BCUT2D eigenvalue weighted by molar-refractivity contribution is 6.62. The van der Waals surface area contributed by atoms with Crippen LogP contribution >= 0.6 is 11.6 Å². The molecule has 27 heavy (non-hydrogen) atoms. The number of piperazine rings is 1. The van der Waals surface area contributed by atoms with E-state index in [1.807, 2.05) is 38.7 Å². The molecule has 1 amide bonds. The summed E-state index contributed by atoms with van der Waals surface area (Å²) in [6.45, 7) is 15.7. The van der Waals surface area contributed by atoms with E-state index in [0.29, 0.717) is 16.6 Å². The Morgan fingerprint density at radius 1 is 1.07 bits per heavy atom. The third-order valence-electron chi connectivity index (χ3n) is 6.08. The average Bonchev–Trinajstić information content (AvgIpc) is 2.82. The maximum absolute atomic E-state index is 12.9. The minimum absolute atomic E-state index is 0.0103. The van der Waals surface area contributed by atoms with Crippen LogP contribution in [-0.4, -0.2) is 66.2 Å². The van der Waals surface area contributed by atoms with Gasteiger partial charge in [0.05, 0.1) is 21.8 Å². The summed E-state index contributed by atoms with van der Waals surface area (Å²) in [5.41, 5.74) is 0.554. The van der Waals surface area contributed by atoms with Crippen LogP contribution in [0.1, 0.15) is 51.9 Å². The molecule has 148 valence electrons. The second-order valence-electron chi connectivity index (χ2n) is 8.75. The molecule has 2 aliphatic rings. The molecule has 0 atom stereocenters. The van der Waals surface area contributed by atoms with Gasteiger partial charge in [0.1, 0.15) is 0 Å². The van der Waals surface area contributed by atoms with Crippen LogP contribution in [0.4, 0.5) is 0 Å². The van der Waals surface area contributed by atoms with E-state index < -0.39 is 18.3 Å². The zero-order valence-electron chi connectivity index (χ0n) is 17.2. The van der Waals surface area contributed by atoms with Crippen molar-refractivity contribution in [2.75, 3.05) is 26.2 Å². The molecule has 0 N–H and O–H groups in total. The molecule has 3 rings (SSSR count). The summed E-state index contributed by atoms with van der Waals surface area (Å²) >= 11 is 6.47. The smallest absolute Gasteiger partial charge is 0.399 e. The number of carbonyl (C=O) groups is 1. The Bertz CT molecular complexity index is 699. The summed E-state index contributed by atoms with van der Waals surface area (Å²) in [6.07, 6.45) is 0. The second kappa shape index (κ2) is 7.39. The average molecular weight is 393 g/mol. The fraction of sp³-hybridized carbons (Fsp3) is 0.650. The van der Waals surface area contributed by atoms with Crippen molar-refractivity contribution in [3.8, 4) is 0 Å². The van der Waals surface area contributed by atoms with Gasteiger partial charge in [0, 0.05) is 32.2 Å². The van der Waals surface area contributed by atoms with Gasteiger partial charge in [-0.1, -0.05) is 17.7 Å². The van der Waals surface area contributed by atoms with Gasteiger partial charge in [-0.05, 0) is 59.1 Å². The SMILES string of the molecule is CC(C)N1CCN(C(=O)c2ccc(B3OC(C)(C)C(C)(C)O3)cc2Cl)CC1. The Labute approximate surface area is 168 Å². The number of benzene rings is 1. The summed E-state index contributed by atoms with van der Waals surface area (Å²) in [4.78, 5) is 17.2. The lowest BCUT2D eigenvalue weighted by molar-refractivity contribution is 0.00578. The standard InChI is InChI=1S/C20H30BClN2O3/c1-14(2)23-9-11-24(12-10-23)18(25)16-8-7-15(13-17(16)22)21-26-19(3,4)20(5,6)27-21/h7-8,13-14H,9-12H2,1-6H3. The number of halogens is 1. The Morgan fingerprint density at radius 3 is 2.11 bits per heavy atom. The minimum Gasteiger partial charge on any atom is -0.399 e. The van der Waals surface area contributed by atoms with Crippen molar-refractivity contribution in [1.82, 2.24) is 9.80 Å². The lowest BCUT2D eigenvalue weighted by Gasteiger charge is -2.37. The van der Waals surface area contributed by atoms with Crippen molar-refractivity contribution in [2.45, 2.75) is 58.8 Å². The quantitative estimate of drug-likeness (QED) is 0.742. The molecule has 0 radical (unpaired) electrons. The summed E-state index contributed by atoms with van der Waals surface area (Å²) in [5, 5.41) is 0.443. The van der Waals surface area contributed by atoms with Crippen molar-refractivity contribution >= 4 is 30.1 Å². The fourth-order valence-electron chi connectivity index (χ4n) is 3.44. The van der Waals surface area contributed by atoms with E-state index in [-0.39, 0.29) is 5.91 Å². The van der Waals surface area contributed by atoms with Crippen molar-refractivity contribution < 1.29 is 14.1 Å². The molecule has 1 aromatic rings. The molecule has 2 fully saturated rings. The predicted octanol–water partition coefficient (Wildman–Crippen LogP) is 2.81. The zero-order chi connectivity index (χ0) is 20.0. The monoisotopic (exact) mass is 392 g/mol. The van der Waals surface area contributed by atoms with Crippen LogP contribution in [0.5, 0.6) is 0 Å². The lowest BCUT2D eigenvalue weighted by atomic mass is 9.79. The number of nitrogens with zero attached hydrogens (tertiary/aromatic N) is 2. The van der Waals surface area contributed by atoms with E-state index in [1.165, 1.54) is 0 Å². The number of rotatable bonds is 3. The van der Waals surface area contributed by atoms with E-state index in [9.17, 15) is 4.79 Å². The van der Waals surface area contributed by atoms with E-state index in [1.54, 1.807) is 12.1 Å². The number of carbonyl (C=O) groups excluding carboxylic acids is 1. The molecule has 2 heterocycles. The van der Waals surface area contributed by atoms with Gasteiger partial charge in [0.15, 0.2) is 0 Å². The molecule has 0 saturated carbocycles. The highest BCUT2D eigenvalue weighted by Gasteiger charge is 2.51. The molecular formula is C20H30BClN2O3. The number of amides is 1. The maximum atomic E-state index is 12.9. The van der Waals surface area contributed by atoms with Gasteiger partial charge in [0.2, 0.25) is 0 Å². The molecule has 0 unspecified atom stereocenters. The molecule has 0 aliphatic carbocycles. The third kappa shape index (κ3) is 4.04. The van der Waals surface area contributed by atoms with Gasteiger partial charge >= 0.3 is 7.12 Å². The Balaban J connectivity index is 1.71. The first-order valence-corrected chi connectivity index (χ1v) is 10.1. The Kier molecular flexibility index (Phi) is 5.66. The van der Waals surface area contributed by atoms with Crippen LogP contribution in [0.2, 0.25) is 5.02 Å². The van der Waals surface area contributed by atoms with E-state index in [2.05, 4.69) is 18.7 Å². The number of hydrogen-bond acceptors (Lipinski definition) is 4. The van der Waals surface area contributed by atoms with Crippen molar-refractivity contribution in [1.29, 1.82) is 0 Å². The lowest BCUT2D eigenvalue weighted by Crippen LogP contribution is -2.50. The third-order valence-corrected chi connectivity index (χ3v) is 6.39. The van der Waals surface area contributed by atoms with Crippen LogP contribution in [0, 0.1) is 0 Å². The predicted molar refractivity (Wildman–Crippen MR) is 110 cm³/mol. The molecule has 1 aromatic carbocycles.